The van der Waals surface area contributed by atoms with E-state index in [1.165, 1.54) is 17.3 Å². The van der Waals surface area contributed by atoms with Gasteiger partial charge in [-0.15, -0.1) is 5.10 Å². The van der Waals surface area contributed by atoms with E-state index >= 15 is 0 Å². The molecule has 0 saturated heterocycles. The number of hydrogen-bond donors (Lipinski definition) is 1. The summed E-state index contributed by atoms with van der Waals surface area (Å²) < 4.78 is 1.66. The number of carbonyl (C=O) groups excluding carboxylic acids is 1. The van der Waals surface area contributed by atoms with Gasteiger partial charge in [0.1, 0.15) is 0 Å². The molecule has 0 radical (unpaired) electrons. The van der Waals surface area contributed by atoms with Crippen molar-refractivity contribution >= 4 is 17.7 Å². The molecule has 3 rings (SSSR count). The Bertz CT molecular complexity index is 895. The highest BCUT2D eigenvalue weighted by atomic mass is 32.2. The largest absolute Gasteiger partial charge is 0.348 e. The van der Waals surface area contributed by atoms with Crippen molar-refractivity contribution in [2.24, 2.45) is 0 Å². The number of nitrogens with one attached hydrogen (secondary N) is 1. The average Bonchev–Trinajstić information content (AvgIpc) is 3.17. The van der Waals surface area contributed by atoms with Gasteiger partial charge >= 0.3 is 0 Å². The molecule has 1 amide bonds. The van der Waals surface area contributed by atoms with E-state index in [2.05, 4.69) is 39.9 Å². The first kappa shape index (κ1) is 20.1. The van der Waals surface area contributed by atoms with Gasteiger partial charge in [0.05, 0.1) is 17.0 Å². The summed E-state index contributed by atoms with van der Waals surface area (Å²) in [5.41, 5.74) is 3.17. The molecule has 1 aromatic heterocycles. The molecule has 146 valence electrons. The van der Waals surface area contributed by atoms with Crippen molar-refractivity contribution in [3.8, 4) is 5.69 Å². The molecule has 1 N–H and O–H groups in total. The van der Waals surface area contributed by atoms with Gasteiger partial charge in [-0.25, -0.2) is 0 Å². The average molecular weight is 396 g/mol. The number of hydrogen-bond acceptors (Lipinski definition) is 5. The number of tetrazole rings is 1. The topological polar surface area (TPSA) is 72.7 Å². The van der Waals surface area contributed by atoms with Crippen LogP contribution in [-0.4, -0.2) is 31.4 Å². The second-order valence-electron chi connectivity index (χ2n) is 6.73. The fourth-order valence-corrected chi connectivity index (χ4v) is 3.71. The fourth-order valence-electron chi connectivity index (χ4n) is 2.90. The monoisotopic (exact) mass is 395 g/mol. The van der Waals surface area contributed by atoms with Crippen molar-refractivity contribution in [1.82, 2.24) is 25.5 Å². The smallest absolute Gasteiger partial charge is 0.233 e. The van der Waals surface area contributed by atoms with Gasteiger partial charge < -0.3 is 5.32 Å². The van der Waals surface area contributed by atoms with Gasteiger partial charge in [0.15, 0.2) is 0 Å². The third-order valence-corrected chi connectivity index (χ3v) is 5.50. The van der Waals surface area contributed by atoms with E-state index in [0.29, 0.717) is 5.16 Å². The Kier molecular flexibility index (Phi) is 6.81. The number of nitrogens with zero attached hydrogens (tertiary/aromatic N) is 4. The Morgan fingerprint density at radius 3 is 2.54 bits per heavy atom. The number of carbonyl (C=O) groups is 1. The van der Waals surface area contributed by atoms with Crippen LogP contribution in [-0.2, 0) is 4.79 Å². The molecular weight excluding hydrogens is 370 g/mol. The van der Waals surface area contributed by atoms with Crippen LogP contribution in [0.4, 0.5) is 0 Å². The summed E-state index contributed by atoms with van der Waals surface area (Å²) in [6, 6.07) is 18.0. The summed E-state index contributed by atoms with van der Waals surface area (Å²) >= 11 is 1.35. The van der Waals surface area contributed by atoms with Gasteiger partial charge in [-0.3, -0.25) is 4.79 Å². The Morgan fingerprint density at radius 2 is 1.86 bits per heavy atom. The molecule has 0 fully saturated rings. The zero-order valence-electron chi connectivity index (χ0n) is 16.4. The van der Waals surface area contributed by atoms with Crippen LogP contribution in [0.2, 0.25) is 0 Å². The lowest BCUT2D eigenvalue weighted by atomic mass is 10.0. The SMILES string of the molecule is CCC[C@H](NC(=O)[C@H](C)Sc1nnnn1-c1ccc(C)cc1)c1ccccc1. The van der Waals surface area contributed by atoms with Crippen LogP contribution in [0, 0.1) is 6.92 Å². The molecular formula is C21H25N5OS. The van der Waals surface area contributed by atoms with Gasteiger partial charge in [0.25, 0.3) is 0 Å². The van der Waals surface area contributed by atoms with Crippen LogP contribution in [0.15, 0.2) is 59.8 Å². The zero-order chi connectivity index (χ0) is 19.9. The van der Waals surface area contributed by atoms with E-state index in [9.17, 15) is 4.79 Å². The molecule has 0 aliphatic rings. The first-order chi connectivity index (χ1) is 13.6. The summed E-state index contributed by atoms with van der Waals surface area (Å²) in [5.74, 6) is -0.0224. The Morgan fingerprint density at radius 1 is 1.14 bits per heavy atom. The zero-order valence-corrected chi connectivity index (χ0v) is 17.2. The molecule has 0 saturated carbocycles. The van der Waals surface area contributed by atoms with Crippen LogP contribution in [0.3, 0.4) is 0 Å². The summed E-state index contributed by atoms with van der Waals surface area (Å²) in [6.07, 6.45) is 1.89. The number of amides is 1. The van der Waals surface area contributed by atoms with Crippen molar-refractivity contribution < 1.29 is 4.79 Å². The summed E-state index contributed by atoms with van der Waals surface area (Å²) in [7, 11) is 0. The van der Waals surface area contributed by atoms with Crippen LogP contribution >= 0.6 is 11.8 Å². The molecule has 0 aliphatic carbocycles. The quantitative estimate of drug-likeness (QED) is 0.581. The third-order valence-electron chi connectivity index (χ3n) is 4.47. The molecule has 1 heterocycles. The summed E-state index contributed by atoms with van der Waals surface area (Å²) in [6.45, 7) is 6.03. The number of aromatic nitrogens is 4. The van der Waals surface area contributed by atoms with Crippen molar-refractivity contribution in [1.29, 1.82) is 0 Å². The van der Waals surface area contributed by atoms with Gasteiger partial charge in [-0.1, -0.05) is 73.1 Å². The first-order valence-corrected chi connectivity index (χ1v) is 10.3. The van der Waals surface area contributed by atoms with Crippen molar-refractivity contribution in [2.75, 3.05) is 0 Å². The lowest BCUT2D eigenvalue weighted by Gasteiger charge is -2.21. The van der Waals surface area contributed by atoms with Crippen LogP contribution < -0.4 is 5.32 Å². The molecule has 2 aromatic carbocycles. The number of rotatable bonds is 8. The predicted octanol–water partition coefficient (Wildman–Crippen LogP) is 4.11. The molecule has 6 nitrogen and oxygen atoms in total. The van der Waals surface area contributed by atoms with Gasteiger partial charge in [0, 0.05) is 0 Å². The molecule has 7 heteroatoms. The van der Waals surface area contributed by atoms with Crippen molar-refractivity contribution in [2.45, 2.75) is 50.1 Å². The minimum atomic E-state index is -0.321. The van der Waals surface area contributed by atoms with Gasteiger partial charge in [-0.2, -0.15) is 4.68 Å². The van der Waals surface area contributed by atoms with E-state index in [-0.39, 0.29) is 17.2 Å². The molecule has 0 bridgehead atoms. The van der Waals surface area contributed by atoms with E-state index in [1.807, 2.05) is 56.3 Å². The van der Waals surface area contributed by atoms with Gasteiger partial charge in [-0.05, 0) is 48.4 Å². The second kappa shape index (κ2) is 9.50. The highest BCUT2D eigenvalue weighted by Gasteiger charge is 2.22. The van der Waals surface area contributed by atoms with Crippen LogP contribution in [0.1, 0.15) is 43.9 Å². The highest BCUT2D eigenvalue weighted by Crippen LogP contribution is 2.25. The molecule has 3 aromatic rings. The summed E-state index contributed by atoms with van der Waals surface area (Å²) in [5, 5.41) is 15.4. The van der Waals surface area contributed by atoms with E-state index < -0.39 is 0 Å². The Hall–Kier alpha value is -2.67. The van der Waals surface area contributed by atoms with Crippen LogP contribution in [0.5, 0.6) is 0 Å². The minimum Gasteiger partial charge on any atom is -0.348 e. The molecule has 28 heavy (non-hydrogen) atoms. The third kappa shape index (κ3) is 4.98. The molecule has 0 unspecified atom stereocenters. The first-order valence-electron chi connectivity index (χ1n) is 9.46. The van der Waals surface area contributed by atoms with E-state index in [1.54, 1.807) is 4.68 Å². The normalized spacial score (nSPS) is 13.1. The van der Waals surface area contributed by atoms with Crippen molar-refractivity contribution in [3.63, 3.8) is 0 Å². The number of thioether (sulfide) groups is 1. The summed E-state index contributed by atoms with van der Waals surface area (Å²) in [4.78, 5) is 12.8. The lowest BCUT2D eigenvalue weighted by molar-refractivity contribution is -0.121. The molecule has 0 spiro atoms. The fraction of sp³-hybridized carbons (Fsp3) is 0.333. The maximum Gasteiger partial charge on any atom is 0.233 e. The Labute approximate surface area is 169 Å². The lowest BCUT2D eigenvalue weighted by Crippen LogP contribution is -2.34. The number of aryl methyl sites for hydroxylation is 1. The van der Waals surface area contributed by atoms with Crippen LogP contribution in [0.25, 0.3) is 5.69 Å². The van der Waals surface area contributed by atoms with E-state index in [4.69, 9.17) is 0 Å². The maximum absolute atomic E-state index is 12.8. The molecule has 0 aliphatic heterocycles. The minimum absolute atomic E-state index is 0.00911. The van der Waals surface area contributed by atoms with Gasteiger partial charge in [0.2, 0.25) is 11.1 Å². The highest BCUT2D eigenvalue weighted by molar-refractivity contribution is 8.00. The van der Waals surface area contributed by atoms with Crippen molar-refractivity contribution in [3.05, 3.63) is 65.7 Å². The molecule has 2 atom stereocenters. The predicted molar refractivity (Wildman–Crippen MR) is 111 cm³/mol. The van der Waals surface area contributed by atoms with E-state index in [0.717, 1.165) is 24.1 Å². The Balaban J connectivity index is 1.69. The maximum atomic E-state index is 12.8. The standard InChI is InChI=1S/C21H25N5OS/c1-4-8-19(17-9-6-5-7-10-17)22-20(27)16(3)28-21-23-24-25-26(21)18-13-11-15(2)12-14-18/h5-7,9-14,16,19H,4,8H2,1-3H3,(H,22,27)/t16-,19-/m0/s1. The second-order valence-corrected chi connectivity index (χ2v) is 8.04. The number of benzene rings is 2.